The summed E-state index contributed by atoms with van der Waals surface area (Å²) in [6, 6.07) is 0.146. The lowest BCUT2D eigenvalue weighted by atomic mass is 10.2. The number of nitrogen functional groups attached to an aromatic ring is 1. The van der Waals surface area contributed by atoms with Gasteiger partial charge in [0.25, 0.3) is 0 Å². The minimum absolute atomic E-state index is 0.0445. The number of amides is 1. The average Bonchev–Trinajstić information content (AvgIpc) is 2.74. The van der Waals surface area contributed by atoms with Gasteiger partial charge in [0.1, 0.15) is 0 Å². The molecule has 0 spiro atoms. The Morgan fingerprint density at radius 2 is 2.30 bits per heavy atom. The van der Waals surface area contributed by atoms with Crippen LogP contribution in [0.2, 0.25) is 0 Å². The smallest absolute Gasteiger partial charge is 0.239 e. The van der Waals surface area contributed by atoms with Gasteiger partial charge in [0.15, 0.2) is 5.95 Å². The topological polar surface area (TPSA) is 122 Å². The lowest BCUT2D eigenvalue weighted by Gasteiger charge is -2.08. The maximum Gasteiger partial charge on any atom is 0.239 e. The molecular weight excluding hydrogens is 256 g/mol. The van der Waals surface area contributed by atoms with E-state index < -0.39 is 0 Å². The van der Waals surface area contributed by atoms with Gasteiger partial charge in [-0.3, -0.25) is 4.79 Å². The molecule has 7 heteroatoms. The Hall–Kier alpha value is -2.18. The maximum atomic E-state index is 11.4. The van der Waals surface area contributed by atoms with Crippen LogP contribution in [0.1, 0.15) is 32.4 Å². The molecule has 0 aliphatic rings. The number of carbonyl (C=O) groups excluding carboxylic acids is 1. The van der Waals surface area contributed by atoms with E-state index in [9.17, 15) is 4.79 Å². The predicted molar refractivity (Wildman–Crippen MR) is 79.5 cm³/mol. The van der Waals surface area contributed by atoms with E-state index in [0.29, 0.717) is 5.95 Å². The minimum atomic E-state index is -0.0445. The standard InChI is InChI=1S/C13H24N6O/c1-9(2)18-12(20)8-16-6-10(14)4-3-5-11-7-17-13(15)19-11/h6-7,9,16H,3-5,8,14H2,1-2H3,(H,18,20)(H3,15,17,19)/b10-6-. The summed E-state index contributed by atoms with van der Waals surface area (Å²) < 4.78 is 0. The van der Waals surface area contributed by atoms with Crippen molar-refractivity contribution in [1.82, 2.24) is 20.6 Å². The molecule has 0 fully saturated rings. The highest BCUT2D eigenvalue weighted by atomic mass is 16.1. The lowest BCUT2D eigenvalue weighted by molar-refractivity contribution is -0.120. The Balaban J connectivity index is 2.17. The summed E-state index contributed by atoms with van der Waals surface area (Å²) >= 11 is 0. The number of nitrogens with zero attached hydrogens (tertiary/aromatic N) is 1. The summed E-state index contributed by atoms with van der Waals surface area (Å²) in [5.41, 5.74) is 13.1. The van der Waals surface area contributed by atoms with E-state index in [2.05, 4.69) is 20.6 Å². The summed E-state index contributed by atoms with van der Waals surface area (Å²) in [6.07, 6.45) is 5.89. The Bertz CT molecular complexity index is 451. The highest BCUT2D eigenvalue weighted by Crippen LogP contribution is 2.05. The van der Waals surface area contributed by atoms with Crippen LogP contribution in [-0.4, -0.2) is 28.5 Å². The van der Waals surface area contributed by atoms with Gasteiger partial charge in [-0.1, -0.05) is 0 Å². The summed E-state index contributed by atoms with van der Waals surface area (Å²) in [5.74, 6) is 0.387. The number of aromatic nitrogens is 2. The van der Waals surface area contributed by atoms with Crippen molar-refractivity contribution in [3.8, 4) is 0 Å². The van der Waals surface area contributed by atoms with Crippen LogP contribution >= 0.6 is 0 Å². The fraction of sp³-hybridized carbons (Fsp3) is 0.538. The number of rotatable bonds is 8. The summed E-state index contributed by atoms with van der Waals surface area (Å²) in [6.45, 7) is 4.07. The number of hydrogen-bond donors (Lipinski definition) is 5. The summed E-state index contributed by atoms with van der Waals surface area (Å²) in [4.78, 5) is 18.3. The molecule has 0 unspecified atom stereocenters. The molecule has 0 bridgehead atoms. The first-order valence-electron chi connectivity index (χ1n) is 6.74. The van der Waals surface area contributed by atoms with Crippen molar-refractivity contribution < 1.29 is 4.79 Å². The summed E-state index contributed by atoms with van der Waals surface area (Å²) in [7, 11) is 0. The van der Waals surface area contributed by atoms with Gasteiger partial charge < -0.3 is 27.1 Å². The normalized spacial score (nSPS) is 11.7. The van der Waals surface area contributed by atoms with Crippen LogP contribution in [0.4, 0.5) is 5.95 Å². The largest absolute Gasteiger partial charge is 0.401 e. The number of hydrogen-bond acceptors (Lipinski definition) is 5. The number of aromatic amines is 1. The van der Waals surface area contributed by atoms with Crippen molar-refractivity contribution in [2.75, 3.05) is 12.3 Å². The van der Waals surface area contributed by atoms with Crippen molar-refractivity contribution in [3.05, 3.63) is 23.8 Å². The number of anilines is 1. The van der Waals surface area contributed by atoms with Gasteiger partial charge in [0.2, 0.25) is 5.91 Å². The first kappa shape index (κ1) is 15.9. The quantitative estimate of drug-likeness (QED) is 0.466. The molecule has 0 saturated carbocycles. The molecule has 20 heavy (non-hydrogen) atoms. The van der Waals surface area contributed by atoms with Gasteiger partial charge >= 0.3 is 0 Å². The van der Waals surface area contributed by atoms with E-state index in [4.69, 9.17) is 11.5 Å². The summed E-state index contributed by atoms with van der Waals surface area (Å²) in [5, 5.41) is 5.69. The highest BCUT2D eigenvalue weighted by molar-refractivity contribution is 5.78. The van der Waals surface area contributed by atoms with Crippen LogP contribution in [0, 0.1) is 0 Å². The lowest BCUT2D eigenvalue weighted by Crippen LogP contribution is -2.36. The molecule has 0 saturated heterocycles. The number of H-pyrrole nitrogens is 1. The molecule has 0 atom stereocenters. The zero-order chi connectivity index (χ0) is 15.0. The fourth-order valence-corrected chi connectivity index (χ4v) is 1.71. The van der Waals surface area contributed by atoms with Gasteiger partial charge in [0.05, 0.1) is 12.7 Å². The fourth-order valence-electron chi connectivity index (χ4n) is 1.71. The highest BCUT2D eigenvalue weighted by Gasteiger charge is 2.01. The molecule has 1 amide bonds. The number of imidazole rings is 1. The van der Waals surface area contributed by atoms with E-state index in [-0.39, 0.29) is 18.5 Å². The van der Waals surface area contributed by atoms with Gasteiger partial charge in [-0.15, -0.1) is 0 Å². The Kier molecular flexibility index (Phi) is 6.42. The van der Waals surface area contributed by atoms with Crippen molar-refractivity contribution in [1.29, 1.82) is 0 Å². The van der Waals surface area contributed by atoms with Crippen LogP contribution in [0.15, 0.2) is 18.1 Å². The van der Waals surface area contributed by atoms with Gasteiger partial charge in [-0.2, -0.15) is 0 Å². The molecule has 0 radical (unpaired) electrons. The second kappa shape index (κ2) is 8.08. The monoisotopic (exact) mass is 280 g/mol. The van der Waals surface area contributed by atoms with Gasteiger partial charge in [-0.05, 0) is 33.1 Å². The predicted octanol–water partition coefficient (Wildman–Crippen LogP) is 0.229. The molecule has 0 aliphatic carbocycles. The zero-order valence-corrected chi connectivity index (χ0v) is 12.1. The third kappa shape index (κ3) is 6.67. The third-order valence-electron chi connectivity index (χ3n) is 2.56. The Morgan fingerprint density at radius 3 is 2.90 bits per heavy atom. The van der Waals surface area contributed by atoms with E-state index in [1.54, 1.807) is 12.4 Å². The second-order valence-corrected chi connectivity index (χ2v) is 4.97. The van der Waals surface area contributed by atoms with E-state index in [0.717, 1.165) is 30.7 Å². The van der Waals surface area contributed by atoms with Crippen LogP contribution < -0.4 is 22.1 Å². The van der Waals surface area contributed by atoms with Gasteiger partial charge in [-0.25, -0.2) is 4.98 Å². The Morgan fingerprint density at radius 1 is 1.55 bits per heavy atom. The Labute approximate surface area is 119 Å². The molecule has 112 valence electrons. The molecule has 7 nitrogen and oxygen atoms in total. The molecular formula is C13H24N6O. The first-order valence-corrected chi connectivity index (χ1v) is 6.74. The molecule has 1 rings (SSSR count). The number of nitrogens with two attached hydrogens (primary N) is 2. The van der Waals surface area contributed by atoms with E-state index >= 15 is 0 Å². The second-order valence-electron chi connectivity index (χ2n) is 4.97. The SMILES string of the molecule is CC(C)NC(=O)CN/C=C(\N)CCCc1cnc(N)[nH]1. The van der Waals surface area contributed by atoms with Crippen LogP contribution in [0.5, 0.6) is 0 Å². The van der Waals surface area contributed by atoms with Crippen molar-refractivity contribution >= 4 is 11.9 Å². The average molecular weight is 280 g/mol. The van der Waals surface area contributed by atoms with E-state index in [1.807, 2.05) is 13.8 Å². The molecule has 1 heterocycles. The van der Waals surface area contributed by atoms with Crippen LogP contribution in [0.25, 0.3) is 0 Å². The number of allylic oxidation sites excluding steroid dienone is 1. The minimum Gasteiger partial charge on any atom is -0.401 e. The van der Waals surface area contributed by atoms with E-state index in [1.165, 1.54) is 0 Å². The van der Waals surface area contributed by atoms with Crippen LogP contribution in [0.3, 0.4) is 0 Å². The molecule has 1 aromatic heterocycles. The van der Waals surface area contributed by atoms with Crippen molar-refractivity contribution in [2.45, 2.75) is 39.2 Å². The first-order chi connectivity index (χ1) is 9.47. The van der Waals surface area contributed by atoms with Crippen molar-refractivity contribution in [2.24, 2.45) is 5.73 Å². The van der Waals surface area contributed by atoms with Crippen LogP contribution in [-0.2, 0) is 11.2 Å². The number of carbonyl (C=O) groups is 1. The molecule has 0 aromatic carbocycles. The number of aryl methyl sites for hydroxylation is 1. The zero-order valence-electron chi connectivity index (χ0n) is 12.1. The maximum absolute atomic E-state index is 11.4. The van der Waals surface area contributed by atoms with Crippen molar-refractivity contribution in [3.63, 3.8) is 0 Å². The third-order valence-corrected chi connectivity index (χ3v) is 2.56. The number of nitrogens with one attached hydrogen (secondary N) is 3. The molecule has 7 N–H and O–H groups in total. The van der Waals surface area contributed by atoms with Gasteiger partial charge in [0, 0.05) is 23.6 Å². The molecule has 0 aliphatic heterocycles. The molecule has 1 aromatic rings.